The number of benzene rings is 1. The van der Waals surface area contributed by atoms with Crippen LogP contribution in [-0.2, 0) is 22.4 Å². The summed E-state index contributed by atoms with van der Waals surface area (Å²) in [5, 5.41) is 6.46. The van der Waals surface area contributed by atoms with E-state index in [1.165, 1.54) is 30.2 Å². The molecule has 6 nitrogen and oxygen atoms in total. The van der Waals surface area contributed by atoms with Crippen molar-refractivity contribution < 1.29 is 19.1 Å². The van der Waals surface area contributed by atoms with Gasteiger partial charge in [0.15, 0.2) is 5.78 Å². The number of ketones is 1. The zero-order chi connectivity index (χ0) is 20.1. The van der Waals surface area contributed by atoms with Crippen LogP contribution in [0.15, 0.2) is 24.3 Å². The number of aryl methyl sites for hydroxylation is 1. The number of hydrogen-bond donors (Lipinski definition) is 2. The predicted molar refractivity (Wildman–Crippen MR) is 110 cm³/mol. The molecule has 0 spiro atoms. The number of carbonyl (C=O) groups excluding carboxylic acids is 3. The highest BCUT2D eigenvalue weighted by atomic mass is 32.1. The van der Waals surface area contributed by atoms with E-state index < -0.39 is 5.97 Å². The molecule has 0 fully saturated rings. The molecular weight excluding hydrogens is 376 g/mol. The fraction of sp³-hybridized carbons (Fsp3) is 0.381. The van der Waals surface area contributed by atoms with Gasteiger partial charge in [0.25, 0.3) is 0 Å². The molecule has 1 aliphatic rings. The molecule has 2 N–H and O–H groups in total. The molecule has 0 atom stereocenters. The second kappa shape index (κ2) is 9.01. The van der Waals surface area contributed by atoms with Crippen LogP contribution < -0.4 is 10.6 Å². The fourth-order valence-electron chi connectivity index (χ4n) is 3.32. The Bertz CT molecular complexity index is 887. The van der Waals surface area contributed by atoms with E-state index in [4.69, 9.17) is 4.74 Å². The molecule has 1 heterocycles. The summed E-state index contributed by atoms with van der Waals surface area (Å²) in [4.78, 5) is 37.2. The van der Waals surface area contributed by atoms with E-state index in [1.807, 2.05) is 0 Å². The molecule has 1 aromatic carbocycles. The Morgan fingerprint density at radius 3 is 2.46 bits per heavy atom. The van der Waals surface area contributed by atoms with Gasteiger partial charge in [-0.2, -0.15) is 0 Å². The van der Waals surface area contributed by atoms with Gasteiger partial charge >= 0.3 is 5.97 Å². The molecule has 1 aromatic heterocycles. The second-order valence-corrected chi connectivity index (χ2v) is 7.90. The number of amides is 1. The van der Waals surface area contributed by atoms with Crippen molar-refractivity contribution in [1.82, 2.24) is 0 Å². The average Bonchev–Trinajstić information content (AvgIpc) is 2.86. The summed E-state index contributed by atoms with van der Waals surface area (Å²) < 4.78 is 4.96. The number of hydrogen-bond acceptors (Lipinski definition) is 6. The van der Waals surface area contributed by atoms with Crippen LogP contribution in [0.25, 0.3) is 0 Å². The van der Waals surface area contributed by atoms with Crippen LogP contribution in [0.5, 0.6) is 0 Å². The minimum Gasteiger partial charge on any atom is -0.465 e. The Hall–Kier alpha value is -2.67. The van der Waals surface area contributed by atoms with Gasteiger partial charge in [0.05, 0.1) is 19.2 Å². The summed E-state index contributed by atoms with van der Waals surface area (Å²) in [6, 6.07) is 6.96. The zero-order valence-electron chi connectivity index (χ0n) is 16.1. The van der Waals surface area contributed by atoms with Crippen molar-refractivity contribution in [3.63, 3.8) is 0 Å². The van der Waals surface area contributed by atoms with Crippen LogP contribution in [0, 0.1) is 0 Å². The van der Waals surface area contributed by atoms with Gasteiger partial charge in [-0.25, -0.2) is 4.79 Å². The maximum absolute atomic E-state index is 12.4. The third-order valence-electron chi connectivity index (χ3n) is 4.81. The highest BCUT2D eigenvalue weighted by Crippen LogP contribution is 2.37. The third-order valence-corrected chi connectivity index (χ3v) is 6.02. The van der Waals surface area contributed by atoms with Gasteiger partial charge in [-0.15, -0.1) is 11.3 Å². The number of Topliss-reactive ketones (excluding diaryl/α,β-unsaturated/α-hetero) is 1. The standard InChI is InChI=1S/C21H24N2O4S/c1-13(24)14-8-10-15(11-9-14)22-12-18(25)23-20-19(21(26)27-2)16-6-4-3-5-7-17(16)28-20/h8-11,22H,3-7,12H2,1-2H3,(H,23,25). The van der Waals surface area contributed by atoms with Crippen molar-refractivity contribution in [1.29, 1.82) is 0 Å². The normalized spacial score (nSPS) is 13.2. The molecule has 0 radical (unpaired) electrons. The van der Waals surface area contributed by atoms with Gasteiger partial charge in [-0.3, -0.25) is 9.59 Å². The SMILES string of the molecule is COC(=O)c1c(NC(=O)CNc2ccc(C(C)=O)cc2)sc2c1CCCCC2. The van der Waals surface area contributed by atoms with E-state index in [1.54, 1.807) is 24.3 Å². The molecule has 148 valence electrons. The summed E-state index contributed by atoms with van der Waals surface area (Å²) in [7, 11) is 1.36. The first-order chi connectivity index (χ1) is 13.5. The van der Waals surface area contributed by atoms with Crippen molar-refractivity contribution in [3.05, 3.63) is 45.8 Å². The second-order valence-electron chi connectivity index (χ2n) is 6.80. The van der Waals surface area contributed by atoms with Gasteiger partial charge in [-0.05, 0) is 62.4 Å². The van der Waals surface area contributed by atoms with Crippen LogP contribution >= 0.6 is 11.3 Å². The van der Waals surface area contributed by atoms with Gasteiger partial charge in [0.1, 0.15) is 5.00 Å². The summed E-state index contributed by atoms with van der Waals surface area (Å²) in [6.45, 7) is 1.57. The summed E-state index contributed by atoms with van der Waals surface area (Å²) >= 11 is 1.48. The maximum Gasteiger partial charge on any atom is 0.341 e. The van der Waals surface area contributed by atoms with Crippen LogP contribution in [0.3, 0.4) is 0 Å². The lowest BCUT2D eigenvalue weighted by atomic mass is 10.1. The molecule has 0 aliphatic heterocycles. The Morgan fingerprint density at radius 1 is 1.07 bits per heavy atom. The average molecular weight is 401 g/mol. The Labute approximate surface area is 168 Å². The van der Waals surface area contributed by atoms with Crippen LogP contribution in [-0.4, -0.2) is 31.3 Å². The molecule has 0 saturated carbocycles. The van der Waals surface area contributed by atoms with E-state index in [0.717, 1.165) is 43.4 Å². The first kappa shape index (κ1) is 20.1. The van der Waals surface area contributed by atoms with Crippen molar-refractivity contribution in [2.75, 3.05) is 24.3 Å². The molecule has 3 rings (SSSR count). The molecule has 0 saturated heterocycles. The lowest BCUT2D eigenvalue weighted by Crippen LogP contribution is -2.22. The molecule has 1 aliphatic carbocycles. The number of thiophene rings is 1. The quantitative estimate of drug-likeness (QED) is 0.434. The van der Waals surface area contributed by atoms with Crippen molar-refractivity contribution in [3.8, 4) is 0 Å². The van der Waals surface area contributed by atoms with E-state index in [2.05, 4.69) is 10.6 Å². The summed E-state index contributed by atoms with van der Waals surface area (Å²) in [5.41, 5.74) is 2.90. The van der Waals surface area contributed by atoms with Gasteiger partial charge in [0.2, 0.25) is 5.91 Å². The Balaban J connectivity index is 1.69. The monoisotopic (exact) mass is 400 g/mol. The molecular formula is C21H24N2O4S. The molecule has 0 bridgehead atoms. The van der Waals surface area contributed by atoms with Crippen LogP contribution in [0.2, 0.25) is 0 Å². The van der Waals surface area contributed by atoms with Crippen molar-refractivity contribution in [2.24, 2.45) is 0 Å². The number of ether oxygens (including phenoxy) is 1. The number of esters is 1. The molecule has 2 aromatic rings. The number of nitrogens with one attached hydrogen (secondary N) is 2. The number of methoxy groups -OCH3 is 1. The van der Waals surface area contributed by atoms with Gasteiger partial charge in [-0.1, -0.05) is 6.42 Å². The third kappa shape index (κ3) is 4.59. The van der Waals surface area contributed by atoms with E-state index in [9.17, 15) is 14.4 Å². The molecule has 1 amide bonds. The summed E-state index contributed by atoms with van der Waals surface area (Å²) in [5.74, 6) is -0.642. The lowest BCUT2D eigenvalue weighted by Gasteiger charge is -2.09. The largest absolute Gasteiger partial charge is 0.465 e. The van der Waals surface area contributed by atoms with E-state index >= 15 is 0 Å². The van der Waals surface area contributed by atoms with Crippen molar-refractivity contribution >= 4 is 39.7 Å². The Kier molecular flexibility index (Phi) is 6.46. The predicted octanol–water partition coefficient (Wildman–Crippen LogP) is 4.06. The van der Waals surface area contributed by atoms with Gasteiger partial charge < -0.3 is 15.4 Å². The van der Waals surface area contributed by atoms with Crippen LogP contribution in [0.1, 0.15) is 57.3 Å². The van der Waals surface area contributed by atoms with Crippen molar-refractivity contribution in [2.45, 2.75) is 39.0 Å². The lowest BCUT2D eigenvalue weighted by molar-refractivity contribution is -0.114. The minimum absolute atomic E-state index is 0.00269. The molecule has 7 heteroatoms. The highest BCUT2D eigenvalue weighted by Gasteiger charge is 2.26. The number of anilines is 2. The van der Waals surface area contributed by atoms with Crippen LogP contribution in [0.4, 0.5) is 10.7 Å². The first-order valence-corrected chi connectivity index (χ1v) is 10.2. The fourth-order valence-corrected chi connectivity index (χ4v) is 4.62. The smallest absolute Gasteiger partial charge is 0.341 e. The minimum atomic E-state index is -0.400. The topological polar surface area (TPSA) is 84.5 Å². The van der Waals surface area contributed by atoms with Gasteiger partial charge in [0, 0.05) is 16.1 Å². The Morgan fingerprint density at radius 2 is 1.79 bits per heavy atom. The number of carbonyl (C=O) groups is 3. The first-order valence-electron chi connectivity index (χ1n) is 9.37. The zero-order valence-corrected chi connectivity index (χ0v) is 16.9. The maximum atomic E-state index is 12.4. The number of fused-ring (bicyclic) bond motifs is 1. The molecule has 0 unspecified atom stereocenters. The number of rotatable bonds is 6. The summed E-state index contributed by atoms with van der Waals surface area (Å²) in [6.07, 6.45) is 5.06. The van der Waals surface area contributed by atoms with E-state index in [-0.39, 0.29) is 18.2 Å². The highest BCUT2D eigenvalue weighted by molar-refractivity contribution is 7.17. The molecule has 28 heavy (non-hydrogen) atoms. The van der Waals surface area contributed by atoms with E-state index in [0.29, 0.717) is 16.1 Å².